The van der Waals surface area contributed by atoms with Crippen molar-refractivity contribution in [2.24, 2.45) is 12.8 Å². The number of allylic oxidation sites excluding steroid dienone is 2. The van der Waals surface area contributed by atoms with E-state index < -0.39 is 11.9 Å². The van der Waals surface area contributed by atoms with Gasteiger partial charge in [-0.05, 0) is 53.3 Å². The fourth-order valence-electron chi connectivity index (χ4n) is 3.28. The monoisotopic (exact) mass is 443 g/mol. The molecule has 4 rings (SSSR count). The molecule has 166 valence electrons. The van der Waals surface area contributed by atoms with Crippen LogP contribution in [0.2, 0.25) is 0 Å². The lowest BCUT2D eigenvalue weighted by Crippen LogP contribution is -2.26. The van der Waals surface area contributed by atoms with E-state index >= 15 is 0 Å². The van der Waals surface area contributed by atoms with E-state index in [9.17, 15) is 9.90 Å². The summed E-state index contributed by atoms with van der Waals surface area (Å²) < 4.78 is 1.50. The molecule has 1 aliphatic rings. The zero-order valence-electron chi connectivity index (χ0n) is 17.9. The highest BCUT2D eigenvalue weighted by molar-refractivity contribution is 5.94. The van der Waals surface area contributed by atoms with Crippen molar-refractivity contribution in [3.8, 4) is 11.4 Å². The third-order valence-corrected chi connectivity index (χ3v) is 4.94. The number of nitrogens with two attached hydrogens (primary N) is 1. The number of benzene rings is 1. The van der Waals surface area contributed by atoms with E-state index in [1.54, 1.807) is 44.4 Å². The molecule has 11 heteroatoms. The van der Waals surface area contributed by atoms with E-state index in [2.05, 4.69) is 47.6 Å². The van der Waals surface area contributed by atoms with Crippen LogP contribution in [-0.2, 0) is 7.05 Å². The minimum absolute atomic E-state index is 0.203. The van der Waals surface area contributed by atoms with E-state index in [-0.39, 0.29) is 6.61 Å². The third-order valence-electron chi connectivity index (χ3n) is 4.94. The molecule has 0 unspecified atom stereocenters. The van der Waals surface area contributed by atoms with Crippen molar-refractivity contribution in [1.82, 2.24) is 30.2 Å². The smallest absolute Gasteiger partial charge is 0.248 e. The molecule has 2 heterocycles. The Morgan fingerprint density at radius 1 is 1.36 bits per heavy atom. The van der Waals surface area contributed by atoms with Gasteiger partial charge in [-0.2, -0.15) is 4.98 Å². The molecule has 0 radical (unpaired) electrons. The van der Waals surface area contributed by atoms with Gasteiger partial charge in [0.2, 0.25) is 11.9 Å². The first-order valence-corrected chi connectivity index (χ1v) is 9.99. The van der Waals surface area contributed by atoms with Gasteiger partial charge in [0.25, 0.3) is 0 Å². The lowest BCUT2D eigenvalue weighted by Gasteiger charge is -2.19. The minimum atomic E-state index is -0.498. The number of carbonyl (C=O) groups excluding carboxylic acids is 1. The van der Waals surface area contributed by atoms with Gasteiger partial charge in [0.15, 0.2) is 5.82 Å². The molecular weight excluding hydrogens is 422 g/mol. The lowest BCUT2D eigenvalue weighted by molar-refractivity contribution is 0.0999. The average Bonchev–Trinajstić information content (AvgIpc) is 3.23. The van der Waals surface area contributed by atoms with Crippen LogP contribution in [0.25, 0.3) is 11.4 Å². The molecule has 0 aliphatic heterocycles. The van der Waals surface area contributed by atoms with Crippen molar-refractivity contribution in [3.63, 3.8) is 0 Å². The molecular formula is C22H21N9O2. The van der Waals surface area contributed by atoms with Crippen LogP contribution in [0.1, 0.15) is 15.9 Å². The van der Waals surface area contributed by atoms with Crippen LogP contribution in [0, 0.1) is 6.92 Å². The maximum Gasteiger partial charge on any atom is 0.248 e. The summed E-state index contributed by atoms with van der Waals surface area (Å²) in [4.78, 5) is 20.5. The molecule has 0 fully saturated rings. The normalized spacial score (nSPS) is 13.0. The Balaban J connectivity index is 1.70. The highest BCUT2D eigenvalue weighted by Crippen LogP contribution is 2.27. The molecule has 33 heavy (non-hydrogen) atoms. The summed E-state index contributed by atoms with van der Waals surface area (Å²) in [6, 6.07) is 4.64. The molecule has 1 aliphatic carbocycles. The second kappa shape index (κ2) is 9.29. The summed E-state index contributed by atoms with van der Waals surface area (Å²) in [7, 11) is 1.71. The first-order chi connectivity index (χ1) is 16.0. The summed E-state index contributed by atoms with van der Waals surface area (Å²) in [5.41, 5.74) is 14.4. The minimum Gasteiger partial charge on any atom is -0.394 e. The van der Waals surface area contributed by atoms with Crippen LogP contribution < -0.4 is 16.4 Å². The second-order valence-electron chi connectivity index (χ2n) is 7.23. The van der Waals surface area contributed by atoms with E-state index in [0.717, 1.165) is 5.56 Å². The summed E-state index contributed by atoms with van der Waals surface area (Å²) in [6.07, 6.45) is 6.96. The van der Waals surface area contributed by atoms with Crippen molar-refractivity contribution < 1.29 is 9.90 Å². The van der Waals surface area contributed by atoms with Gasteiger partial charge in [0.1, 0.15) is 5.82 Å². The predicted octanol–water partition coefficient (Wildman–Crippen LogP) is 1.40. The Morgan fingerprint density at radius 2 is 2.21 bits per heavy atom. The summed E-state index contributed by atoms with van der Waals surface area (Å²) in [5.74, 6) is 0.662. The van der Waals surface area contributed by atoms with Crippen molar-refractivity contribution in [2.75, 3.05) is 17.2 Å². The van der Waals surface area contributed by atoms with Crippen molar-refractivity contribution >= 4 is 23.4 Å². The van der Waals surface area contributed by atoms with Crippen LogP contribution in [0.4, 0.5) is 17.5 Å². The largest absolute Gasteiger partial charge is 0.394 e. The van der Waals surface area contributed by atoms with Gasteiger partial charge in [-0.1, -0.05) is 17.5 Å². The first-order valence-electron chi connectivity index (χ1n) is 9.99. The number of nitrogens with zero attached hydrogens (tertiary/aromatic N) is 6. The fourth-order valence-corrected chi connectivity index (χ4v) is 3.28. The zero-order chi connectivity index (χ0) is 23.4. The van der Waals surface area contributed by atoms with Gasteiger partial charge in [-0.15, -0.1) is 5.10 Å². The maximum absolute atomic E-state index is 11.5. The van der Waals surface area contributed by atoms with E-state index in [1.807, 2.05) is 12.2 Å². The first kappa shape index (κ1) is 21.7. The highest BCUT2D eigenvalue weighted by atomic mass is 16.3. The van der Waals surface area contributed by atoms with Crippen LogP contribution in [0.3, 0.4) is 0 Å². The summed E-state index contributed by atoms with van der Waals surface area (Å²) in [5, 5.41) is 27.9. The predicted molar refractivity (Wildman–Crippen MR) is 122 cm³/mol. The van der Waals surface area contributed by atoms with Crippen LogP contribution in [0.5, 0.6) is 0 Å². The lowest BCUT2D eigenvalue weighted by atomic mass is 10.1. The molecule has 0 spiro atoms. The fraction of sp³-hybridized carbons (Fsp3) is 0.182. The van der Waals surface area contributed by atoms with Gasteiger partial charge < -0.3 is 21.5 Å². The highest BCUT2D eigenvalue weighted by Gasteiger charge is 2.20. The quantitative estimate of drug-likeness (QED) is 0.378. The van der Waals surface area contributed by atoms with E-state index in [4.69, 9.17) is 5.73 Å². The Bertz CT molecular complexity index is 1350. The molecule has 0 saturated heterocycles. The number of aliphatic hydroxyl groups is 1. The Labute approximate surface area is 189 Å². The topological polar surface area (TPSA) is 157 Å². The summed E-state index contributed by atoms with van der Waals surface area (Å²) >= 11 is 0. The number of carbonyl (C=O) groups is 1. The van der Waals surface area contributed by atoms with Crippen molar-refractivity contribution in [1.29, 1.82) is 0 Å². The molecule has 3 aromatic rings. The SMILES string of the molecule is Cc1cc(Nc2ncc(-c3nnnn3C)c(N[C@H](CO)C3=C=C=CC=C3)n2)ccc1C(N)=O. The number of anilines is 3. The van der Waals surface area contributed by atoms with Crippen LogP contribution in [0.15, 0.2) is 59.7 Å². The summed E-state index contributed by atoms with van der Waals surface area (Å²) in [6.45, 7) is 1.59. The Kier molecular flexibility index (Phi) is 6.10. The third kappa shape index (κ3) is 4.70. The molecule has 5 N–H and O–H groups in total. The van der Waals surface area contributed by atoms with Gasteiger partial charge in [-0.25, -0.2) is 9.67 Å². The molecule has 2 aromatic heterocycles. The number of rotatable bonds is 8. The second-order valence-corrected chi connectivity index (χ2v) is 7.23. The number of aryl methyl sites for hydroxylation is 2. The molecule has 11 nitrogen and oxygen atoms in total. The molecule has 1 atom stereocenters. The maximum atomic E-state index is 11.5. The number of tetrazole rings is 1. The van der Waals surface area contributed by atoms with E-state index in [1.165, 1.54) is 4.68 Å². The number of hydrogen-bond donors (Lipinski definition) is 4. The molecule has 0 saturated carbocycles. The number of aliphatic hydroxyl groups excluding tert-OH is 1. The van der Waals surface area contributed by atoms with Gasteiger partial charge in [-0.3, -0.25) is 4.79 Å². The number of amides is 1. The van der Waals surface area contributed by atoms with Gasteiger partial charge in [0, 0.05) is 30.1 Å². The van der Waals surface area contributed by atoms with Gasteiger partial charge >= 0.3 is 0 Å². The Morgan fingerprint density at radius 3 is 2.85 bits per heavy atom. The van der Waals surface area contributed by atoms with Crippen LogP contribution in [-0.4, -0.2) is 53.8 Å². The molecule has 1 amide bonds. The molecule has 1 aromatic carbocycles. The zero-order valence-corrected chi connectivity index (χ0v) is 17.9. The Hall–Kier alpha value is -4.56. The van der Waals surface area contributed by atoms with Crippen molar-refractivity contribution in [3.05, 3.63) is 70.8 Å². The number of aromatic nitrogens is 6. The standard InChI is InChI=1S/C22H21N9O2/c1-13-10-15(8-9-16(13)19(23)33)25-22-24-11-17(21-28-29-30-31(21)2)20(27-22)26-18(12-32)14-6-4-3-5-7-14/h3-4,6,8-11,18,32H,12H2,1-2H3,(H2,23,33)(H2,24,25,26,27)/t18-/m1/s1. The molecule has 0 bridgehead atoms. The van der Waals surface area contributed by atoms with E-state index in [0.29, 0.717) is 40.0 Å². The van der Waals surface area contributed by atoms with Gasteiger partial charge in [0.05, 0.1) is 18.2 Å². The number of nitrogens with one attached hydrogen (secondary N) is 2. The van der Waals surface area contributed by atoms with Crippen molar-refractivity contribution in [2.45, 2.75) is 13.0 Å². The number of primary amides is 1. The number of hydrogen-bond acceptors (Lipinski definition) is 9. The average molecular weight is 443 g/mol. The van der Waals surface area contributed by atoms with Crippen LogP contribution >= 0.6 is 0 Å².